The van der Waals surface area contributed by atoms with Gasteiger partial charge < -0.3 is 4.74 Å². The third-order valence-electron chi connectivity index (χ3n) is 5.90. The molecule has 1 unspecified atom stereocenters. The Balaban J connectivity index is 1.38. The molecule has 1 saturated heterocycles. The minimum atomic E-state index is -4.39. The van der Waals surface area contributed by atoms with E-state index in [4.69, 9.17) is 16.3 Å². The molecule has 0 radical (unpaired) electrons. The molecular weight excluding hydrogens is 411 g/mol. The molecule has 2 aromatic rings. The number of nitrogens with zero attached hydrogens (tertiary/aromatic N) is 1. The summed E-state index contributed by atoms with van der Waals surface area (Å²) in [6.45, 7) is 5.16. The lowest BCUT2D eigenvalue weighted by Gasteiger charge is -2.25. The lowest BCUT2D eigenvalue weighted by atomic mass is 9.84. The van der Waals surface area contributed by atoms with Gasteiger partial charge in [0.1, 0.15) is 12.4 Å². The first-order valence-electron chi connectivity index (χ1n) is 10.5. The van der Waals surface area contributed by atoms with Gasteiger partial charge in [-0.05, 0) is 67.5 Å². The number of rotatable bonds is 9. The average Bonchev–Trinajstić information content (AvgIpc) is 3.07. The van der Waals surface area contributed by atoms with Crippen LogP contribution in [0.1, 0.15) is 43.7 Å². The Kier molecular flexibility index (Phi) is 7.70. The Labute approximate surface area is 182 Å². The van der Waals surface area contributed by atoms with Crippen LogP contribution in [0.15, 0.2) is 48.5 Å². The van der Waals surface area contributed by atoms with Crippen LogP contribution >= 0.6 is 11.6 Å². The second kappa shape index (κ2) is 10.1. The zero-order valence-corrected chi connectivity index (χ0v) is 18.1. The normalized spacial score (nSPS) is 19.9. The van der Waals surface area contributed by atoms with Crippen molar-refractivity contribution in [2.45, 2.75) is 45.2 Å². The van der Waals surface area contributed by atoms with E-state index in [0.29, 0.717) is 6.54 Å². The van der Waals surface area contributed by atoms with Crippen molar-refractivity contribution in [1.82, 2.24) is 4.90 Å². The topological polar surface area (TPSA) is 12.5 Å². The number of hydrogen-bond acceptors (Lipinski definition) is 2. The molecular formula is C24H29ClF3NO. The van der Waals surface area contributed by atoms with Crippen LogP contribution in [0.25, 0.3) is 0 Å². The molecule has 1 fully saturated rings. The lowest BCUT2D eigenvalue weighted by molar-refractivity contribution is -0.139. The highest BCUT2D eigenvalue weighted by Gasteiger charge is 2.35. The number of halogens is 4. The Morgan fingerprint density at radius 2 is 1.80 bits per heavy atom. The summed E-state index contributed by atoms with van der Waals surface area (Å²) in [7, 11) is 0. The Hall–Kier alpha value is -1.72. The molecule has 0 bridgehead atoms. The highest BCUT2D eigenvalue weighted by atomic mass is 35.5. The van der Waals surface area contributed by atoms with E-state index in [0.717, 1.165) is 49.9 Å². The summed E-state index contributed by atoms with van der Waals surface area (Å²) < 4.78 is 44.6. The van der Waals surface area contributed by atoms with Crippen LogP contribution in [0, 0.1) is 5.41 Å². The quantitative estimate of drug-likeness (QED) is 0.395. The van der Waals surface area contributed by atoms with E-state index in [9.17, 15) is 13.2 Å². The summed E-state index contributed by atoms with van der Waals surface area (Å²) in [6, 6.07) is 13.4. The van der Waals surface area contributed by atoms with Gasteiger partial charge in [-0.3, -0.25) is 4.90 Å². The molecule has 30 heavy (non-hydrogen) atoms. The van der Waals surface area contributed by atoms with E-state index >= 15 is 0 Å². The van der Waals surface area contributed by atoms with Crippen molar-refractivity contribution in [1.29, 1.82) is 0 Å². The number of aryl methyl sites for hydroxylation is 1. The number of likely N-dealkylation sites (tertiary alicyclic amines) is 1. The summed E-state index contributed by atoms with van der Waals surface area (Å²) in [5.74, 6) is -0.0887. The molecule has 3 rings (SSSR count). The van der Waals surface area contributed by atoms with Crippen molar-refractivity contribution in [2.24, 2.45) is 5.41 Å². The molecule has 1 aliphatic heterocycles. The average molecular weight is 440 g/mol. The van der Waals surface area contributed by atoms with Gasteiger partial charge in [-0.1, -0.05) is 49.2 Å². The van der Waals surface area contributed by atoms with Gasteiger partial charge in [-0.2, -0.15) is 13.2 Å². The minimum Gasteiger partial charge on any atom is -0.492 e. The summed E-state index contributed by atoms with van der Waals surface area (Å²) in [6.07, 6.45) is 1.26. The SMILES string of the molecule is CC1(CCCCc2ccc(Cl)cc2)CCN(CCOc2ccccc2C(F)(F)F)C1. The monoisotopic (exact) mass is 439 g/mol. The van der Waals surface area contributed by atoms with Crippen molar-refractivity contribution in [3.63, 3.8) is 0 Å². The maximum Gasteiger partial charge on any atom is 0.419 e. The third kappa shape index (κ3) is 6.64. The molecule has 0 aromatic heterocycles. The minimum absolute atomic E-state index is 0.0887. The summed E-state index contributed by atoms with van der Waals surface area (Å²) >= 11 is 5.93. The molecule has 0 amide bonds. The largest absolute Gasteiger partial charge is 0.492 e. The maximum atomic E-state index is 13.1. The standard InChI is InChI=1S/C24H29ClF3NO/c1-23(13-5-4-6-19-9-11-20(25)12-10-19)14-15-29(18-23)16-17-30-22-8-3-2-7-21(22)24(26,27)28/h2-3,7-12H,4-6,13-18H2,1H3. The van der Waals surface area contributed by atoms with Crippen LogP contribution in [-0.4, -0.2) is 31.1 Å². The predicted octanol–water partition coefficient (Wildman–Crippen LogP) is 6.86. The molecule has 0 spiro atoms. The van der Waals surface area contributed by atoms with Crippen LogP contribution < -0.4 is 4.74 Å². The fourth-order valence-electron chi connectivity index (χ4n) is 4.16. The number of ether oxygens (including phenoxy) is 1. The highest BCUT2D eigenvalue weighted by molar-refractivity contribution is 6.30. The van der Waals surface area contributed by atoms with Crippen LogP contribution in [0.3, 0.4) is 0 Å². The number of hydrogen-bond donors (Lipinski definition) is 0. The van der Waals surface area contributed by atoms with Gasteiger partial charge in [0.2, 0.25) is 0 Å². The smallest absolute Gasteiger partial charge is 0.419 e. The summed E-state index contributed by atoms with van der Waals surface area (Å²) in [5.41, 5.74) is 0.870. The van der Waals surface area contributed by atoms with Crippen molar-refractivity contribution in [3.05, 3.63) is 64.7 Å². The van der Waals surface area contributed by atoms with Gasteiger partial charge in [0.05, 0.1) is 5.56 Å². The first-order valence-corrected chi connectivity index (χ1v) is 10.9. The zero-order valence-electron chi connectivity index (χ0n) is 17.4. The first kappa shape index (κ1) is 23.0. The predicted molar refractivity (Wildman–Crippen MR) is 115 cm³/mol. The third-order valence-corrected chi connectivity index (χ3v) is 6.16. The van der Waals surface area contributed by atoms with E-state index in [1.807, 2.05) is 12.1 Å². The molecule has 1 atom stereocenters. The molecule has 0 saturated carbocycles. The van der Waals surface area contributed by atoms with E-state index in [1.165, 1.54) is 24.1 Å². The van der Waals surface area contributed by atoms with Crippen LogP contribution in [-0.2, 0) is 12.6 Å². The van der Waals surface area contributed by atoms with E-state index in [2.05, 4.69) is 24.0 Å². The second-order valence-corrected chi connectivity index (χ2v) is 8.95. The van der Waals surface area contributed by atoms with E-state index in [-0.39, 0.29) is 17.8 Å². The fraction of sp³-hybridized carbons (Fsp3) is 0.500. The maximum absolute atomic E-state index is 13.1. The van der Waals surface area contributed by atoms with Crippen LogP contribution in [0.2, 0.25) is 5.02 Å². The zero-order chi connectivity index (χ0) is 21.6. The molecule has 2 nitrogen and oxygen atoms in total. The first-order chi connectivity index (χ1) is 14.3. The van der Waals surface area contributed by atoms with Gasteiger partial charge >= 0.3 is 6.18 Å². The molecule has 164 valence electrons. The summed E-state index contributed by atoms with van der Waals surface area (Å²) in [4.78, 5) is 2.30. The van der Waals surface area contributed by atoms with Crippen molar-refractivity contribution in [3.8, 4) is 5.75 Å². The van der Waals surface area contributed by atoms with Gasteiger partial charge in [0, 0.05) is 18.1 Å². The molecule has 1 heterocycles. The Bertz CT molecular complexity index is 809. The molecule has 0 aliphatic carbocycles. The van der Waals surface area contributed by atoms with Crippen molar-refractivity contribution >= 4 is 11.6 Å². The lowest BCUT2D eigenvalue weighted by Crippen LogP contribution is -2.29. The van der Waals surface area contributed by atoms with Crippen molar-refractivity contribution in [2.75, 3.05) is 26.2 Å². The second-order valence-electron chi connectivity index (χ2n) is 8.51. The number of para-hydroxylation sites is 1. The number of alkyl halides is 3. The van der Waals surface area contributed by atoms with E-state index < -0.39 is 11.7 Å². The van der Waals surface area contributed by atoms with Gasteiger partial charge in [0.15, 0.2) is 0 Å². The van der Waals surface area contributed by atoms with E-state index in [1.54, 1.807) is 6.07 Å². The van der Waals surface area contributed by atoms with Crippen LogP contribution in [0.4, 0.5) is 13.2 Å². The van der Waals surface area contributed by atoms with Gasteiger partial charge in [-0.25, -0.2) is 0 Å². The number of unbranched alkanes of at least 4 members (excludes halogenated alkanes) is 1. The highest BCUT2D eigenvalue weighted by Crippen LogP contribution is 2.37. The Morgan fingerprint density at radius 1 is 1.07 bits per heavy atom. The molecule has 0 N–H and O–H groups in total. The summed E-state index contributed by atoms with van der Waals surface area (Å²) in [5, 5.41) is 0.767. The molecule has 1 aliphatic rings. The fourth-order valence-corrected chi connectivity index (χ4v) is 4.29. The molecule has 2 aromatic carbocycles. The van der Waals surface area contributed by atoms with Gasteiger partial charge in [-0.15, -0.1) is 0 Å². The number of benzene rings is 2. The Morgan fingerprint density at radius 3 is 2.53 bits per heavy atom. The van der Waals surface area contributed by atoms with Crippen LogP contribution in [0.5, 0.6) is 5.75 Å². The molecule has 6 heteroatoms. The van der Waals surface area contributed by atoms with Gasteiger partial charge in [0.25, 0.3) is 0 Å². The van der Waals surface area contributed by atoms with Crippen molar-refractivity contribution < 1.29 is 17.9 Å².